The molecule has 1 saturated carbocycles. The average molecular weight is 460 g/mol. The smallest absolute Gasteiger partial charge is 0.320 e. The van der Waals surface area contributed by atoms with Crippen molar-refractivity contribution in [2.24, 2.45) is 5.41 Å². The van der Waals surface area contributed by atoms with Gasteiger partial charge in [-0.3, -0.25) is 0 Å². The molecule has 0 aromatic heterocycles. The summed E-state index contributed by atoms with van der Waals surface area (Å²) in [6.07, 6.45) is 3.08. The Hall–Kier alpha value is -2.45. The monoisotopic (exact) mass is 459 g/mol. The fraction of sp³-hybridized carbons (Fsp3) is 0.458. The highest BCUT2D eigenvalue weighted by atomic mass is 32.2. The van der Waals surface area contributed by atoms with Crippen molar-refractivity contribution in [1.82, 2.24) is 14.5 Å². The van der Waals surface area contributed by atoms with Crippen molar-refractivity contribution in [3.05, 3.63) is 59.9 Å². The van der Waals surface area contributed by atoms with Gasteiger partial charge in [-0.25, -0.2) is 22.3 Å². The first-order valence-corrected chi connectivity index (χ1v) is 12.9. The Balaban J connectivity index is 1.72. The molecule has 2 aromatic carbocycles. The summed E-state index contributed by atoms with van der Waals surface area (Å²) in [5.41, 5.74) is 1.48. The van der Waals surface area contributed by atoms with Crippen LogP contribution in [-0.2, 0) is 16.4 Å². The molecule has 0 bridgehead atoms. The van der Waals surface area contributed by atoms with E-state index in [0.29, 0.717) is 24.2 Å². The van der Waals surface area contributed by atoms with Crippen LogP contribution in [0.15, 0.2) is 48.5 Å². The zero-order valence-electron chi connectivity index (χ0n) is 18.7. The number of hydrogen-bond donors (Lipinski definition) is 1. The first kappa shape index (κ1) is 22.7. The second-order valence-corrected chi connectivity index (χ2v) is 10.9. The highest BCUT2D eigenvalue weighted by Gasteiger charge is 2.61. The van der Waals surface area contributed by atoms with Gasteiger partial charge in [0.1, 0.15) is 5.82 Å². The summed E-state index contributed by atoms with van der Waals surface area (Å²) in [6, 6.07) is 13.6. The second kappa shape index (κ2) is 8.48. The van der Waals surface area contributed by atoms with Crippen LogP contribution >= 0.6 is 0 Å². The molecule has 1 aliphatic heterocycles. The fourth-order valence-electron chi connectivity index (χ4n) is 4.80. The minimum absolute atomic E-state index is 0.152. The Morgan fingerprint density at radius 1 is 1.19 bits per heavy atom. The third kappa shape index (κ3) is 4.38. The Bertz CT molecular complexity index is 1100. The van der Waals surface area contributed by atoms with Crippen molar-refractivity contribution in [2.45, 2.75) is 38.3 Å². The van der Waals surface area contributed by atoms with Crippen molar-refractivity contribution in [1.29, 1.82) is 0 Å². The lowest BCUT2D eigenvalue weighted by Gasteiger charge is -2.32. The summed E-state index contributed by atoms with van der Waals surface area (Å²) in [5.74, 6) is -0.329. The number of carbonyl (C=O) groups is 1. The fourth-order valence-corrected chi connectivity index (χ4v) is 5.67. The molecule has 1 N–H and O–H groups in total. The Labute approximate surface area is 189 Å². The van der Waals surface area contributed by atoms with Gasteiger partial charge in [0.15, 0.2) is 0 Å². The molecule has 172 valence electrons. The molecule has 6 nitrogen and oxygen atoms in total. The van der Waals surface area contributed by atoms with E-state index in [-0.39, 0.29) is 23.7 Å². The molecule has 1 heterocycles. The molecular weight excluding hydrogens is 429 g/mol. The SMILES string of the molecule is CCN(C)C(=O)N1CC2(CC2)[C@H](NS(C)(=O)=O)[C@@H]1Cc1cccc(-c2ccccc2)c1F. The lowest BCUT2D eigenvalue weighted by Crippen LogP contribution is -2.51. The molecule has 0 unspecified atom stereocenters. The van der Waals surface area contributed by atoms with Crippen LogP contribution in [0.5, 0.6) is 0 Å². The third-order valence-corrected chi connectivity index (χ3v) is 7.48. The maximum Gasteiger partial charge on any atom is 0.320 e. The summed E-state index contributed by atoms with van der Waals surface area (Å²) in [6.45, 7) is 2.91. The number of halogens is 1. The van der Waals surface area contributed by atoms with Gasteiger partial charge in [0.2, 0.25) is 10.0 Å². The number of amides is 2. The van der Waals surface area contributed by atoms with Crippen molar-refractivity contribution in [3.63, 3.8) is 0 Å². The highest BCUT2D eigenvalue weighted by Crippen LogP contribution is 2.55. The molecule has 2 amide bonds. The highest BCUT2D eigenvalue weighted by molar-refractivity contribution is 7.88. The normalized spacial score (nSPS) is 21.7. The standard InChI is InChI=1S/C24H30FN3O3S/c1-4-27(2)23(29)28-16-24(13-14-24)22(26-32(3,30)31)20(28)15-18-11-8-12-19(21(18)25)17-9-6-5-7-10-17/h5-12,20,22,26H,4,13-16H2,1-3H3/t20-,22+/m0/s1. The topological polar surface area (TPSA) is 69.7 Å². The van der Waals surface area contributed by atoms with Gasteiger partial charge >= 0.3 is 6.03 Å². The van der Waals surface area contributed by atoms with E-state index < -0.39 is 22.1 Å². The van der Waals surface area contributed by atoms with Crippen molar-refractivity contribution in [3.8, 4) is 11.1 Å². The molecule has 2 aliphatic rings. The zero-order chi connectivity index (χ0) is 23.1. The molecule has 1 spiro atoms. The van der Waals surface area contributed by atoms with Gasteiger partial charge in [-0.15, -0.1) is 0 Å². The van der Waals surface area contributed by atoms with E-state index in [0.717, 1.165) is 24.7 Å². The number of benzene rings is 2. The molecule has 4 rings (SSSR count). The van der Waals surface area contributed by atoms with E-state index in [1.807, 2.05) is 43.3 Å². The van der Waals surface area contributed by atoms with E-state index in [2.05, 4.69) is 4.72 Å². The predicted octanol–water partition coefficient (Wildman–Crippen LogP) is 3.49. The van der Waals surface area contributed by atoms with Crippen LogP contribution in [0.25, 0.3) is 11.1 Å². The average Bonchev–Trinajstić information content (AvgIpc) is 3.49. The minimum Gasteiger partial charge on any atom is -0.328 e. The number of likely N-dealkylation sites (tertiary alicyclic amines) is 1. The molecule has 32 heavy (non-hydrogen) atoms. The predicted molar refractivity (Wildman–Crippen MR) is 123 cm³/mol. The van der Waals surface area contributed by atoms with Gasteiger partial charge in [0.25, 0.3) is 0 Å². The lowest BCUT2D eigenvalue weighted by atomic mass is 9.91. The Morgan fingerprint density at radius 2 is 1.88 bits per heavy atom. The van der Waals surface area contributed by atoms with E-state index >= 15 is 4.39 Å². The van der Waals surface area contributed by atoms with Crippen molar-refractivity contribution >= 4 is 16.1 Å². The minimum atomic E-state index is -3.50. The van der Waals surface area contributed by atoms with Gasteiger partial charge in [0, 0.05) is 37.2 Å². The maximum atomic E-state index is 15.6. The number of nitrogens with one attached hydrogen (secondary N) is 1. The van der Waals surface area contributed by atoms with Gasteiger partial charge < -0.3 is 9.80 Å². The van der Waals surface area contributed by atoms with Crippen LogP contribution in [0.4, 0.5) is 9.18 Å². The molecule has 1 aliphatic carbocycles. The number of carbonyl (C=O) groups excluding carboxylic acids is 1. The van der Waals surface area contributed by atoms with Crippen molar-refractivity contribution in [2.75, 3.05) is 26.4 Å². The van der Waals surface area contributed by atoms with Gasteiger partial charge in [0.05, 0.1) is 12.3 Å². The van der Waals surface area contributed by atoms with Crippen LogP contribution in [0, 0.1) is 11.2 Å². The number of urea groups is 1. The van der Waals surface area contributed by atoms with Gasteiger partial charge in [-0.2, -0.15) is 0 Å². The number of sulfonamides is 1. The van der Waals surface area contributed by atoms with E-state index in [4.69, 9.17) is 0 Å². The van der Waals surface area contributed by atoms with E-state index in [1.54, 1.807) is 29.0 Å². The van der Waals surface area contributed by atoms with Gasteiger partial charge in [-0.1, -0.05) is 48.5 Å². The number of nitrogens with zero attached hydrogens (tertiary/aromatic N) is 2. The maximum absolute atomic E-state index is 15.6. The molecule has 2 atom stereocenters. The summed E-state index contributed by atoms with van der Waals surface area (Å²) in [7, 11) is -1.77. The largest absolute Gasteiger partial charge is 0.328 e. The Kier molecular flexibility index (Phi) is 6.02. The molecule has 8 heteroatoms. The van der Waals surface area contributed by atoms with E-state index in [1.165, 1.54) is 0 Å². The molecular formula is C24H30FN3O3S. The summed E-state index contributed by atoms with van der Waals surface area (Å²) in [5, 5.41) is 0. The van der Waals surface area contributed by atoms with Crippen LogP contribution in [0.3, 0.4) is 0 Å². The quantitative estimate of drug-likeness (QED) is 0.719. The molecule has 1 saturated heterocycles. The number of rotatable bonds is 6. The molecule has 2 aromatic rings. The first-order chi connectivity index (χ1) is 15.1. The lowest BCUT2D eigenvalue weighted by molar-refractivity contribution is 0.156. The second-order valence-electron chi connectivity index (χ2n) is 9.07. The van der Waals surface area contributed by atoms with Gasteiger partial charge in [-0.05, 0) is 37.3 Å². The van der Waals surface area contributed by atoms with E-state index in [9.17, 15) is 13.2 Å². The third-order valence-electron chi connectivity index (χ3n) is 6.80. The Morgan fingerprint density at radius 3 is 2.47 bits per heavy atom. The number of hydrogen-bond acceptors (Lipinski definition) is 3. The summed E-state index contributed by atoms with van der Waals surface area (Å²) < 4.78 is 42.7. The van der Waals surface area contributed by atoms with Crippen LogP contribution in [0.2, 0.25) is 0 Å². The van der Waals surface area contributed by atoms with Crippen LogP contribution in [-0.4, -0.2) is 62.7 Å². The van der Waals surface area contributed by atoms with Crippen LogP contribution in [0.1, 0.15) is 25.3 Å². The first-order valence-electron chi connectivity index (χ1n) is 11.0. The zero-order valence-corrected chi connectivity index (χ0v) is 19.5. The molecule has 2 fully saturated rings. The molecule has 0 radical (unpaired) electrons. The van der Waals surface area contributed by atoms with Crippen molar-refractivity contribution < 1.29 is 17.6 Å². The summed E-state index contributed by atoms with van der Waals surface area (Å²) in [4.78, 5) is 16.5. The van der Waals surface area contributed by atoms with Crippen LogP contribution < -0.4 is 4.72 Å². The summed E-state index contributed by atoms with van der Waals surface area (Å²) >= 11 is 0.